The van der Waals surface area contributed by atoms with Crippen LogP contribution >= 0.6 is 17.0 Å². The number of hydrogen-bond donors (Lipinski definition) is 1. The van der Waals surface area contributed by atoms with Crippen molar-refractivity contribution in [2.75, 3.05) is 19.7 Å². The Morgan fingerprint density at radius 2 is 1.95 bits per heavy atom. The molecule has 4 heteroatoms. The second-order valence-corrected chi connectivity index (χ2v) is 4.97. The lowest BCUT2D eigenvalue weighted by Gasteiger charge is -2.35. The van der Waals surface area contributed by atoms with Crippen LogP contribution in [0.4, 0.5) is 0 Å². The highest BCUT2D eigenvalue weighted by Gasteiger charge is 2.25. The van der Waals surface area contributed by atoms with Crippen LogP contribution in [0.2, 0.25) is 0 Å². The highest BCUT2D eigenvalue weighted by Crippen LogP contribution is 2.34. The first-order valence-corrected chi connectivity index (χ1v) is 6.94. The number of halogens is 1. The number of phenols is 1. The molecule has 0 saturated carbocycles. The number of para-hydroxylation sites is 1. The van der Waals surface area contributed by atoms with Gasteiger partial charge in [-0.2, -0.15) is 0 Å². The smallest absolute Gasteiger partial charge is 0.164 e. The molecule has 1 aliphatic heterocycles. The first-order valence-electron chi connectivity index (χ1n) is 6.94. The van der Waals surface area contributed by atoms with Crippen molar-refractivity contribution in [3.05, 3.63) is 23.8 Å². The van der Waals surface area contributed by atoms with Crippen molar-refractivity contribution in [2.24, 2.45) is 0 Å². The Morgan fingerprint density at radius 1 is 1.26 bits per heavy atom. The molecule has 1 atom stereocenters. The molecule has 1 heterocycles. The van der Waals surface area contributed by atoms with Crippen LogP contribution < -0.4 is 4.74 Å². The summed E-state index contributed by atoms with van der Waals surface area (Å²) >= 11 is 0. The molecule has 0 radical (unpaired) electrons. The number of hydrogen-bond acceptors (Lipinski definition) is 3. The molecule has 1 aromatic carbocycles. The van der Waals surface area contributed by atoms with Gasteiger partial charge in [-0.15, -0.1) is 17.0 Å². The first kappa shape index (κ1) is 16.3. The molecule has 2 rings (SSSR count). The van der Waals surface area contributed by atoms with Gasteiger partial charge in [-0.3, -0.25) is 4.90 Å². The SMILES string of the molecule is Br.CCCN(CCC)[C@@H]1COc2c(O)cccc2C1. The maximum Gasteiger partial charge on any atom is 0.164 e. The standard InChI is InChI=1S/C15H23NO2.BrH/c1-3-8-16(9-4-2)13-10-12-6-5-7-14(17)15(12)18-11-13;/h5-7,13,17H,3-4,8-11H2,1-2H3;1H/t13-;/m0./s1. The van der Waals surface area contributed by atoms with E-state index >= 15 is 0 Å². The van der Waals surface area contributed by atoms with Gasteiger partial charge < -0.3 is 9.84 Å². The highest BCUT2D eigenvalue weighted by atomic mass is 79.9. The minimum absolute atomic E-state index is 0. The molecule has 0 bridgehead atoms. The third-order valence-corrected chi connectivity index (χ3v) is 3.49. The Kier molecular flexibility index (Phi) is 6.66. The summed E-state index contributed by atoms with van der Waals surface area (Å²) in [5.41, 5.74) is 1.13. The molecule has 0 aromatic heterocycles. The Hall–Kier alpha value is -0.740. The average molecular weight is 330 g/mol. The normalized spacial score (nSPS) is 17.5. The second-order valence-electron chi connectivity index (χ2n) is 4.97. The molecule has 0 spiro atoms. The van der Waals surface area contributed by atoms with Crippen LogP contribution in [0, 0.1) is 0 Å². The van der Waals surface area contributed by atoms with Gasteiger partial charge in [0, 0.05) is 6.04 Å². The van der Waals surface area contributed by atoms with E-state index in [0.29, 0.717) is 18.4 Å². The summed E-state index contributed by atoms with van der Waals surface area (Å²) in [6, 6.07) is 6.08. The van der Waals surface area contributed by atoms with Crippen LogP contribution in [0.15, 0.2) is 18.2 Å². The molecule has 19 heavy (non-hydrogen) atoms. The highest BCUT2D eigenvalue weighted by molar-refractivity contribution is 8.93. The van der Waals surface area contributed by atoms with Crippen molar-refractivity contribution < 1.29 is 9.84 Å². The maximum absolute atomic E-state index is 9.75. The zero-order chi connectivity index (χ0) is 13.0. The van der Waals surface area contributed by atoms with Crippen LogP contribution in [0.1, 0.15) is 32.3 Å². The predicted octanol–water partition coefficient (Wildman–Crippen LogP) is 3.40. The Balaban J connectivity index is 0.00000180. The van der Waals surface area contributed by atoms with Crippen molar-refractivity contribution in [1.29, 1.82) is 0 Å². The minimum Gasteiger partial charge on any atom is -0.504 e. The Labute approximate surface area is 126 Å². The summed E-state index contributed by atoms with van der Waals surface area (Å²) in [7, 11) is 0. The lowest BCUT2D eigenvalue weighted by atomic mass is 10.0. The molecule has 108 valence electrons. The lowest BCUT2D eigenvalue weighted by Crippen LogP contribution is -2.43. The fraction of sp³-hybridized carbons (Fsp3) is 0.600. The monoisotopic (exact) mass is 329 g/mol. The number of nitrogens with zero attached hydrogens (tertiary/aromatic N) is 1. The molecular formula is C15H24BrNO2. The van der Waals surface area contributed by atoms with Crippen LogP contribution in [0.5, 0.6) is 11.5 Å². The van der Waals surface area contributed by atoms with E-state index in [9.17, 15) is 5.11 Å². The van der Waals surface area contributed by atoms with E-state index in [-0.39, 0.29) is 22.7 Å². The van der Waals surface area contributed by atoms with Gasteiger partial charge >= 0.3 is 0 Å². The van der Waals surface area contributed by atoms with Gasteiger partial charge in [0.1, 0.15) is 6.61 Å². The Morgan fingerprint density at radius 3 is 2.58 bits per heavy atom. The average Bonchev–Trinajstić information content (AvgIpc) is 2.38. The molecule has 1 N–H and O–H groups in total. The zero-order valence-corrected chi connectivity index (χ0v) is 13.5. The van der Waals surface area contributed by atoms with Gasteiger partial charge in [0.05, 0.1) is 0 Å². The van der Waals surface area contributed by atoms with Crippen LogP contribution in [-0.4, -0.2) is 35.7 Å². The van der Waals surface area contributed by atoms with Crippen molar-refractivity contribution in [1.82, 2.24) is 4.90 Å². The number of rotatable bonds is 5. The molecule has 1 aliphatic rings. The van der Waals surface area contributed by atoms with Crippen LogP contribution in [-0.2, 0) is 6.42 Å². The van der Waals surface area contributed by atoms with Gasteiger partial charge in [-0.1, -0.05) is 26.0 Å². The fourth-order valence-corrected chi connectivity index (χ4v) is 2.68. The van der Waals surface area contributed by atoms with Gasteiger partial charge in [-0.05, 0) is 44.0 Å². The number of phenolic OH excluding ortho intramolecular Hbond substituents is 1. The van der Waals surface area contributed by atoms with Gasteiger partial charge in [0.2, 0.25) is 0 Å². The topological polar surface area (TPSA) is 32.7 Å². The fourth-order valence-electron chi connectivity index (χ4n) is 2.68. The van der Waals surface area contributed by atoms with E-state index in [1.54, 1.807) is 6.07 Å². The molecule has 3 nitrogen and oxygen atoms in total. The summed E-state index contributed by atoms with van der Waals surface area (Å²) in [4.78, 5) is 2.51. The van der Waals surface area contributed by atoms with E-state index < -0.39 is 0 Å². The predicted molar refractivity (Wildman–Crippen MR) is 83.6 cm³/mol. The summed E-state index contributed by atoms with van der Waals surface area (Å²) < 4.78 is 5.75. The van der Waals surface area contributed by atoms with E-state index in [1.807, 2.05) is 6.07 Å². The van der Waals surface area contributed by atoms with Gasteiger partial charge in [0.15, 0.2) is 11.5 Å². The van der Waals surface area contributed by atoms with Crippen molar-refractivity contribution in [3.8, 4) is 11.5 Å². The summed E-state index contributed by atoms with van der Waals surface area (Å²) in [6.07, 6.45) is 3.32. The molecule has 0 fully saturated rings. The summed E-state index contributed by atoms with van der Waals surface area (Å²) in [6.45, 7) is 7.36. The third-order valence-electron chi connectivity index (χ3n) is 3.49. The molecule has 0 aliphatic carbocycles. The van der Waals surface area contributed by atoms with Crippen molar-refractivity contribution in [2.45, 2.75) is 39.2 Å². The van der Waals surface area contributed by atoms with Crippen molar-refractivity contribution >= 4 is 17.0 Å². The molecule has 0 amide bonds. The second kappa shape index (κ2) is 7.75. The van der Waals surface area contributed by atoms with Gasteiger partial charge in [-0.25, -0.2) is 0 Å². The molecule has 1 aromatic rings. The lowest BCUT2D eigenvalue weighted by molar-refractivity contribution is 0.116. The molecule has 0 saturated heterocycles. The van der Waals surface area contributed by atoms with Crippen LogP contribution in [0.25, 0.3) is 0 Å². The zero-order valence-electron chi connectivity index (χ0n) is 11.8. The van der Waals surface area contributed by atoms with E-state index in [2.05, 4.69) is 24.8 Å². The largest absolute Gasteiger partial charge is 0.504 e. The maximum atomic E-state index is 9.75. The van der Waals surface area contributed by atoms with E-state index in [1.165, 1.54) is 12.8 Å². The van der Waals surface area contributed by atoms with Crippen LogP contribution in [0.3, 0.4) is 0 Å². The summed E-state index contributed by atoms with van der Waals surface area (Å²) in [5.74, 6) is 0.949. The number of ether oxygens (including phenoxy) is 1. The summed E-state index contributed by atoms with van der Waals surface area (Å²) in [5, 5.41) is 9.75. The quantitative estimate of drug-likeness (QED) is 0.898. The van der Waals surface area contributed by atoms with E-state index in [4.69, 9.17) is 4.74 Å². The first-order chi connectivity index (χ1) is 8.76. The van der Waals surface area contributed by atoms with E-state index in [0.717, 1.165) is 25.1 Å². The number of fused-ring (bicyclic) bond motifs is 1. The van der Waals surface area contributed by atoms with Gasteiger partial charge in [0.25, 0.3) is 0 Å². The third kappa shape index (κ3) is 3.86. The molecular weight excluding hydrogens is 306 g/mol. The van der Waals surface area contributed by atoms with Crippen molar-refractivity contribution in [3.63, 3.8) is 0 Å². The number of aromatic hydroxyl groups is 1. The number of benzene rings is 1. The molecule has 0 unspecified atom stereocenters. The Bertz CT molecular complexity index is 392. The minimum atomic E-state index is 0.